The van der Waals surface area contributed by atoms with E-state index < -0.39 is 27.6 Å². The summed E-state index contributed by atoms with van der Waals surface area (Å²) in [7, 11) is -2.86. The summed E-state index contributed by atoms with van der Waals surface area (Å²) in [6, 6.07) is 12.9. The van der Waals surface area contributed by atoms with E-state index in [9.17, 15) is 22.0 Å². The maximum atomic E-state index is 14.0. The number of sulfonamides is 1. The van der Waals surface area contributed by atoms with Crippen molar-refractivity contribution in [1.82, 2.24) is 0 Å². The first-order valence-corrected chi connectivity index (χ1v) is 10.7. The van der Waals surface area contributed by atoms with Gasteiger partial charge in [0, 0.05) is 4.47 Å². The molecule has 1 amide bonds. The van der Waals surface area contributed by atoms with E-state index in [4.69, 9.17) is 4.74 Å². The van der Waals surface area contributed by atoms with Crippen LogP contribution in [0.15, 0.2) is 70.0 Å². The van der Waals surface area contributed by atoms with Crippen molar-refractivity contribution in [3.8, 4) is 5.75 Å². The fraction of sp³-hybridized carbons (Fsp3) is 0.0500. The minimum absolute atomic E-state index is 0.00454. The average Bonchev–Trinajstić information content (AvgIpc) is 2.70. The summed E-state index contributed by atoms with van der Waals surface area (Å²) >= 11 is 3.10. The molecule has 0 saturated heterocycles. The Kier molecular flexibility index (Phi) is 6.37. The van der Waals surface area contributed by atoms with E-state index in [2.05, 4.69) is 26.0 Å². The quantitative estimate of drug-likeness (QED) is 0.513. The van der Waals surface area contributed by atoms with Crippen molar-refractivity contribution < 1.29 is 26.7 Å². The van der Waals surface area contributed by atoms with E-state index in [1.54, 1.807) is 0 Å². The average molecular weight is 497 g/mol. The molecular weight excluding hydrogens is 482 g/mol. The molecule has 10 heteroatoms. The van der Waals surface area contributed by atoms with Crippen LogP contribution in [-0.4, -0.2) is 21.4 Å². The van der Waals surface area contributed by atoms with E-state index in [0.717, 1.165) is 18.2 Å². The molecule has 0 aliphatic carbocycles. The lowest BCUT2D eigenvalue weighted by Crippen LogP contribution is -2.17. The van der Waals surface area contributed by atoms with E-state index in [1.807, 2.05) is 0 Å². The standard InChI is InChI=1S/C20H15BrF2N2O4S/c1-29-19-9-7-13(30(27,28)25-17-8-6-12(21)10-16(17)23)11-18(19)24-20(26)14-4-2-3-5-15(14)22/h2-11,25H,1H3,(H,24,26). The molecule has 3 rings (SSSR count). The fourth-order valence-electron chi connectivity index (χ4n) is 2.56. The number of rotatable bonds is 6. The summed E-state index contributed by atoms with van der Waals surface area (Å²) in [6.07, 6.45) is 0. The lowest BCUT2D eigenvalue weighted by molar-refractivity contribution is 0.102. The molecule has 0 bridgehead atoms. The number of anilines is 2. The molecule has 0 fully saturated rings. The molecule has 0 unspecified atom stereocenters. The summed E-state index contributed by atoms with van der Waals surface area (Å²) in [5.74, 6) is -2.12. The maximum absolute atomic E-state index is 14.0. The van der Waals surface area contributed by atoms with Crippen molar-refractivity contribution >= 4 is 43.2 Å². The molecule has 0 aliphatic heterocycles. The number of benzene rings is 3. The van der Waals surface area contributed by atoms with Gasteiger partial charge in [-0.15, -0.1) is 0 Å². The molecule has 156 valence electrons. The molecule has 30 heavy (non-hydrogen) atoms. The van der Waals surface area contributed by atoms with Gasteiger partial charge in [-0.1, -0.05) is 28.1 Å². The Bertz CT molecular complexity index is 1220. The van der Waals surface area contributed by atoms with E-state index in [0.29, 0.717) is 4.47 Å². The van der Waals surface area contributed by atoms with Crippen LogP contribution in [0.4, 0.5) is 20.2 Å². The minimum atomic E-state index is -4.19. The highest BCUT2D eigenvalue weighted by molar-refractivity contribution is 9.10. The van der Waals surface area contributed by atoms with Crippen molar-refractivity contribution in [3.05, 3.63) is 82.3 Å². The van der Waals surface area contributed by atoms with Crippen LogP contribution < -0.4 is 14.8 Å². The highest BCUT2D eigenvalue weighted by Gasteiger charge is 2.20. The molecule has 6 nitrogen and oxygen atoms in total. The van der Waals surface area contributed by atoms with Crippen molar-refractivity contribution in [3.63, 3.8) is 0 Å². The lowest BCUT2D eigenvalue weighted by Gasteiger charge is -2.14. The number of amides is 1. The van der Waals surface area contributed by atoms with Gasteiger partial charge in [0.25, 0.3) is 15.9 Å². The Hall–Kier alpha value is -2.98. The number of halogens is 3. The van der Waals surface area contributed by atoms with Crippen LogP contribution in [0.1, 0.15) is 10.4 Å². The molecular formula is C20H15BrF2N2O4S. The third-order valence-electron chi connectivity index (χ3n) is 4.02. The summed E-state index contributed by atoms with van der Waals surface area (Å²) in [6.45, 7) is 0. The van der Waals surface area contributed by atoms with Gasteiger partial charge in [-0.2, -0.15) is 0 Å². The molecule has 0 radical (unpaired) electrons. The van der Waals surface area contributed by atoms with Gasteiger partial charge in [0.1, 0.15) is 17.4 Å². The summed E-state index contributed by atoms with van der Waals surface area (Å²) in [5.41, 5.74) is -0.460. The predicted octanol–water partition coefficient (Wildman–Crippen LogP) is 4.79. The van der Waals surface area contributed by atoms with Crippen LogP contribution in [-0.2, 0) is 10.0 Å². The maximum Gasteiger partial charge on any atom is 0.262 e. The Labute approximate surface area is 180 Å². The van der Waals surface area contributed by atoms with Gasteiger partial charge in [-0.25, -0.2) is 17.2 Å². The molecule has 0 atom stereocenters. The van der Waals surface area contributed by atoms with Crippen LogP contribution in [0.5, 0.6) is 5.75 Å². The highest BCUT2D eigenvalue weighted by Crippen LogP contribution is 2.30. The number of methoxy groups -OCH3 is 1. The van der Waals surface area contributed by atoms with Crippen molar-refractivity contribution in [2.24, 2.45) is 0 Å². The third-order valence-corrected chi connectivity index (χ3v) is 5.88. The largest absolute Gasteiger partial charge is 0.495 e. The first-order chi connectivity index (χ1) is 14.2. The number of carbonyl (C=O) groups is 1. The van der Waals surface area contributed by atoms with E-state index in [1.165, 1.54) is 49.6 Å². The van der Waals surface area contributed by atoms with E-state index in [-0.39, 0.29) is 27.6 Å². The molecule has 0 saturated carbocycles. The van der Waals surface area contributed by atoms with Crippen LogP contribution in [0.2, 0.25) is 0 Å². The van der Waals surface area contributed by atoms with Gasteiger partial charge in [0.2, 0.25) is 0 Å². The molecule has 3 aromatic rings. The Morgan fingerprint density at radius 2 is 1.70 bits per heavy atom. The van der Waals surface area contributed by atoms with E-state index >= 15 is 0 Å². The van der Waals surface area contributed by atoms with Crippen molar-refractivity contribution in [2.75, 3.05) is 17.1 Å². The summed E-state index contributed by atoms with van der Waals surface area (Å²) < 4.78 is 61.0. The normalized spacial score (nSPS) is 11.1. The summed E-state index contributed by atoms with van der Waals surface area (Å²) in [4.78, 5) is 12.2. The van der Waals surface area contributed by atoms with Gasteiger partial charge in [-0.3, -0.25) is 9.52 Å². The van der Waals surface area contributed by atoms with Crippen molar-refractivity contribution in [1.29, 1.82) is 0 Å². The number of carbonyl (C=O) groups excluding carboxylic acids is 1. The van der Waals surface area contributed by atoms with Gasteiger partial charge in [-0.05, 0) is 48.5 Å². The van der Waals surface area contributed by atoms with Gasteiger partial charge in [0.05, 0.1) is 28.9 Å². The minimum Gasteiger partial charge on any atom is -0.495 e. The monoisotopic (exact) mass is 496 g/mol. The van der Waals surface area contributed by atoms with Crippen LogP contribution in [0.25, 0.3) is 0 Å². The summed E-state index contributed by atoms with van der Waals surface area (Å²) in [5, 5.41) is 2.44. The van der Waals surface area contributed by atoms with Crippen LogP contribution in [0.3, 0.4) is 0 Å². The second-order valence-corrected chi connectivity index (χ2v) is 8.62. The topological polar surface area (TPSA) is 84.5 Å². The Morgan fingerprint density at radius 3 is 2.37 bits per heavy atom. The third kappa shape index (κ3) is 4.77. The highest BCUT2D eigenvalue weighted by atomic mass is 79.9. The zero-order valence-corrected chi connectivity index (χ0v) is 17.9. The number of hydrogen-bond donors (Lipinski definition) is 2. The SMILES string of the molecule is COc1ccc(S(=O)(=O)Nc2ccc(Br)cc2F)cc1NC(=O)c1ccccc1F. The molecule has 0 aromatic heterocycles. The molecule has 3 aromatic carbocycles. The Balaban J connectivity index is 1.93. The second-order valence-electron chi connectivity index (χ2n) is 6.03. The van der Waals surface area contributed by atoms with Gasteiger partial charge >= 0.3 is 0 Å². The zero-order valence-electron chi connectivity index (χ0n) is 15.4. The fourth-order valence-corrected chi connectivity index (χ4v) is 3.99. The molecule has 0 spiro atoms. The number of hydrogen-bond acceptors (Lipinski definition) is 4. The van der Waals surface area contributed by atoms with Gasteiger partial charge in [0.15, 0.2) is 0 Å². The lowest BCUT2D eigenvalue weighted by atomic mass is 10.2. The zero-order chi connectivity index (χ0) is 21.9. The molecule has 0 heterocycles. The second kappa shape index (κ2) is 8.80. The smallest absolute Gasteiger partial charge is 0.262 e. The molecule has 0 aliphatic rings. The molecule has 2 N–H and O–H groups in total. The number of ether oxygens (including phenoxy) is 1. The first-order valence-electron chi connectivity index (χ1n) is 8.43. The number of nitrogens with one attached hydrogen (secondary N) is 2. The predicted molar refractivity (Wildman–Crippen MR) is 112 cm³/mol. The van der Waals surface area contributed by atoms with Crippen LogP contribution in [0, 0.1) is 11.6 Å². The Morgan fingerprint density at radius 1 is 0.967 bits per heavy atom. The van der Waals surface area contributed by atoms with Crippen molar-refractivity contribution in [2.45, 2.75) is 4.90 Å². The first kappa shape index (κ1) is 21.7. The van der Waals surface area contributed by atoms with Crippen LogP contribution >= 0.6 is 15.9 Å². The van der Waals surface area contributed by atoms with Gasteiger partial charge < -0.3 is 10.1 Å².